The molecule has 2 rings (SSSR count). The van der Waals surface area contributed by atoms with Crippen molar-refractivity contribution in [2.75, 3.05) is 12.8 Å². The normalized spacial score (nSPS) is 14.3. The van der Waals surface area contributed by atoms with Gasteiger partial charge in [-0.25, -0.2) is 0 Å². The number of carbonyl (C=O) groups is 1. The van der Waals surface area contributed by atoms with Crippen molar-refractivity contribution in [3.63, 3.8) is 0 Å². The predicted molar refractivity (Wildman–Crippen MR) is 74.8 cm³/mol. The van der Waals surface area contributed by atoms with E-state index in [0.717, 1.165) is 12.8 Å². The van der Waals surface area contributed by atoms with E-state index in [4.69, 9.17) is 22.1 Å². The Morgan fingerprint density at radius 1 is 1.50 bits per heavy atom. The summed E-state index contributed by atoms with van der Waals surface area (Å²) >= 11 is 5.91. The molecule has 4 nitrogen and oxygen atoms in total. The van der Waals surface area contributed by atoms with Crippen molar-refractivity contribution in [1.29, 1.82) is 0 Å². The number of carbonyl (C=O) groups excluding carboxylic acids is 1. The van der Waals surface area contributed by atoms with Gasteiger partial charge in [-0.2, -0.15) is 0 Å². The van der Waals surface area contributed by atoms with Crippen molar-refractivity contribution in [1.82, 2.24) is 5.32 Å². The second-order valence-corrected chi connectivity index (χ2v) is 4.58. The SMILES string of the molecule is COc1cc(N)c(Cl)cc1C(=O)NC1CCC1.Cl. The maximum Gasteiger partial charge on any atom is 0.255 e. The van der Waals surface area contributed by atoms with Crippen LogP contribution in [0.4, 0.5) is 5.69 Å². The van der Waals surface area contributed by atoms with Crippen LogP contribution in [-0.4, -0.2) is 19.1 Å². The maximum atomic E-state index is 12.0. The fourth-order valence-corrected chi connectivity index (χ4v) is 1.89. The number of ether oxygens (including phenoxy) is 1. The van der Waals surface area contributed by atoms with E-state index in [9.17, 15) is 4.79 Å². The first kappa shape index (κ1) is 14.9. The molecule has 1 fully saturated rings. The highest BCUT2D eigenvalue weighted by Gasteiger charge is 2.22. The molecule has 1 amide bonds. The van der Waals surface area contributed by atoms with E-state index in [1.54, 1.807) is 12.1 Å². The second-order valence-electron chi connectivity index (χ2n) is 4.18. The Bertz CT molecular complexity index is 448. The molecule has 3 N–H and O–H groups in total. The number of nitrogens with two attached hydrogens (primary N) is 1. The Morgan fingerprint density at radius 3 is 2.67 bits per heavy atom. The zero-order valence-corrected chi connectivity index (χ0v) is 11.6. The van der Waals surface area contributed by atoms with Gasteiger partial charge in [0, 0.05) is 12.1 Å². The largest absolute Gasteiger partial charge is 0.496 e. The summed E-state index contributed by atoms with van der Waals surface area (Å²) in [4.78, 5) is 12.0. The molecule has 18 heavy (non-hydrogen) atoms. The van der Waals surface area contributed by atoms with Crippen molar-refractivity contribution in [2.24, 2.45) is 0 Å². The average molecular weight is 291 g/mol. The van der Waals surface area contributed by atoms with E-state index in [0.29, 0.717) is 22.0 Å². The minimum Gasteiger partial charge on any atom is -0.496 e. The molecule has 0 spiro atoms. The summed E-state index contributed by atoms with van der Waals surface area (Å²) in [5.41, 5.74) is 6.50. The summed E-state index contributed by atoms with van der Waals surface area (Å²) in [5.74, 6) is 0.289. The molecule has 6 heteroatoms. The van der Waals surface area contributed by atoms with Gasteiger partial charge in [-0.05, 0) is 25.3 Å². The highest BCUT2D eigenvalue weighted by Crippen LogP contribution is 2.29. The number of hydrogen-bond acceptors (Lipinski definition) is 3. The van der Waals surface area contributed by atoms with Crippen LogP contribution in [0.15, 0.2) is 12.1 Å². The van der Waals surface area contributed by atoms with Crippen molar-refractivity contribution in [3.05, 3.63) is 22.7 Å². The van der Waals surface area contributed by atoms with E-state index < -0.39 is 0 Å². The zero-order valence-electron chi connectivity index (χ0n) is 10.0. The van der Waals surface area contributed by atoms with Crippen LogP contribution >= 0.6 is 24.0 Å². The van der Waals surface area contributed by atoms with Gasteiger partial charge in [-0.3, -0.25) is 4.79 Å². The number of anilines is 1. The molecule has 0 bridgehead atoms. The molecule has 1 aliphatic rings. The molecule has 0 aliphatic heterocycles. The molecule has 0 aromatic heterocycles. The van der Waals surface area contributed by atoms with Crippen LogP contribution < -0.4 is 15.8 Å². The van der Waals surface area contributed by atoms with Gasteiger partial charge in [-0.15, -0.1) is 12.4 Å². The van der Waals surface area contributed by atoms with Crippen molar-refractivity contribution in [2.45, 2.75) is 25.3 Å². The second kappa shape index (κ2) is 6.16. The average Bonchev–Trinajstić information content (AvgIpc) is 2.26. The molecule has 0 unspecified atom stereocenters. The molecular formula is C12H16Cl2N2O2. The Morgan fingerprint density at radius 2 is 2.17 bits per heavy atom. The minimum absolute atomic E-state index is 0. The van der Waals surface area contributed by atoms with Crippen LogP contribution in [0.5, 0.6) is 5.75 Å². The highest BCUT2D eigenvalue weighted by molar-refractivity contribution is 6.33. The van der Waals surface area contributed by atoms with Crippen molar-refractivity contribution < 1.29 is 9.53 Å². The quantitative estimate of drug-likeness (QED) is 0.841. The van der Waals surface area contributed by atoms with Gasteiger partial charge in [0.05, 0.1) is 23.4 Å². The van der Waals surface area contributed by atoms with Crippen molar-refractivity contribution >= 4 is 35.6 Å². The number of nitrogen functional groups attached to an aromatic ring is 1. The van der Waals surface area contributed by atoms with Crippen LogP contribution in [0.3, 0.4) is 0 Å². The number of halogens is 2. The molecular weight excluding hydrogens is 275 g/mol. The Hall–Kier alpha value is -1.13. The highest BCUT2D eigenvalue weighted by atomic mass is 35.5. The molecule has 0 radical (unpaired) electrons. The Balaban J connectivity index is 0.00000162. The minimum atomic E-state index is -0.159. The van der Waals surface area contributed by atoms with Crippen LogP contribution in [0, 0.1) is 0 Å². The lowest BCUT2D eigenvalue weighted by Crippen LogP contribution is -2.39. The summed E-state index contributed by atoms with van der Waals surface area (Å²) in [5, 5.41) is 3.30. The van der Waals surface area contributed by atoms with Gasteiger partial charge >= 0.3 is 0 Å². The third kappa shape index (κ3) is 3.00. The standard InChI is InChI=1S/C12H15ClN2O2.ClH/c1-17-11-6-10(14)9(13)5-8(11)12(16)15-7-3-2-4-7;/h5-7H,2-4,14H2,1H3,(H,15,16);1H. The summed E-state index contributed by atoms with van der Waals surface area (Å²) in [6.45, 7) is 0. The van der Waals surface area contributed by atoms with Crippen LogP contribution in [0.25, 0.3) is 0 Å². The number of nitrogens with one attached hydrogen (secondary N) is 1. The third-order valence-electron chi connectivity index (χ3n) is 3.00. The zero-order chi connectivity index (χ0) is 12.4. The van der Waals surface area contributed by atoms with Gasteiger partial charge in [0.2, 0.25) is 0 Å². The summed E-state index contributed by atoms with van der Waals surface area (Å²) < 4.78 is 5.14. The number of hydrogen-bond donors (Lipinski definition) is 2. The maximum absolute atomic E-state index is 12.0. The lowest BCUT2D eigenvalue weighted by Gasteiger charge is -2.26. The fraction of sp³-hybridized carbons (Fsp3) is 0.417. The predicted octanol–water partition coefficient (Wildman–Crippen LogP) is 2.63. The van der Waals surface area contributed by atoms with E-state index >= 15 is 0 Å². The first-order valence-electron chi connectivity index (χ1n) is 5.55. The van der Waals surface area contributed by atoms with Gasteiger partial charge in [0.15, 0.2) is 0 Å². The Labute approximate surface area is 117 Å². The molecule has 1 saturated carbocycles. The molecule has 0 atom stereocenters. The molecule has 100 valence electrons. The summed E-state index contributed by atoms with van der Waals surface area (Å²) in [6.07, 6.45) is 3.25. The van der Waals surface area contributed by atoms with Crippen LogP contribution in [-0.2, 0) is 0 Å². The number of amides is 1. The van der Waals surface area contributed by atoms with Gasteiger partial charge < -0.3 is 15.8 Å². The fourth-order valence-electron chi connectivity index (χ4n) is 1.73. The van der Waals surface area contributed by atoms with Crippen LogP contribution in [0.1, 0.15) is 29.6 Å². The lowest BCUT2D eigenvalue weighted by molar-refractivity contribution is 0.0914. The van der Waals surface area contributed by atoms with Gasteiger partial charge in [0.25, 0.3) is 5.91 Å². The van der Waals surface area contributed by atoms with E-state index in [1.807, 2.05) is 0 Å². The van der Waals surface area contributed by atoms with Gasteiger partial charge in [0.1, 0.15) is 5.75 Å². The smallest absolute Gasteiger partial charge is 0.255 e. The first-order chi connectivity index (χ1) is 8.11. The molecule has 0 heterocycles. The topological polar surface area (TPSA) is 64.3 Å². The molecule has 1 aromatic rings. The first-order valence-corrected chi connectivity index (χ1v) is 5.93. The van der Waals surface area contributed by atoms with E-state index in [1.165, 1.54) is 13.5 Å². The number of benzene rings is 1. The molecule has 1 aromatic carbocycles. The van der Waals surface area contributed by atoms with Crippen molar-refractivity contribution in [3.8, 4) is 5.75 Å². The van der Waals surface area contributed by atoms with Crippen LogP contribution in [0.2, 0.25) is 5.02 Å². The number of methoxy groups -OCH3 is 1. The summed E-state index contributed by atoms with van der Waals surface area (Å²) in [6, 6.07) is 3.39. The van der Waals surface area contributed by atoms with E-state index in [-0.39, 0.29) is 24.4 Å². The number of rotatable bonds is 3. The Kier molecular flexibility index (Phi) is 5.11. The summed E-state index contributed by atoms with van der Waals surface area (Å²) in [7, 11) is 1.50. The third-order valence-corrected chi connectivity index (χ3v) is 3.33. The van der Waals surface area contributed by atoms with E-state index in [2.05, 4.69) is 5.32 Å². The molecule has 0 saturated heterocycles. The molecule has 1 aliphatic carbocycles. The van der Waals surface area contributed by atoms with Gasteiger partial charge in [-0.1, -0.05) is 11.6 Å². The monoisotopic (exact) mass is 290 g/mol. The lowest BCUT2D eigenvalue weighted by atomic mass is 9.93.